The molecule has 4 nitrogen and oxygen atoms in total. The third kappa shape index (κ3) is 1.38. The number of nitrogen functional groups attached to an aromatic ring is 1. The highest BCUT2D eigenvalue weighted by Gasteiger charge is 2.52. The van der Waals surface area contributed by atoms with Crippen LogP contribution in [-0.4, -0.2) is 9.97 Å². The normalized spacial score (nSPS) is 41.2. The maximum atomic E-state index is 12.2. The van der Waals surface area contributed by atoms with E-state index in [2.05, 4.69) is 9.97 Å². The highest BCUT2D eigenvalue weighted by molar-refractivity contribution is 5.28. The van der Waals surface area contributed by atoms with E-state index in [9.17, 15) is 4.79 Å². The van der Waals surface area contributed by atoms with Crippen LogP contribution in [-0.2, 0) is 5.41 Å². The summed E-state index contributed by atoms with van der Waals surface area (Å²) in [6.07, 6.45) is 9.47. The Labute approximate surface area is 106 Å². The lowest BCUT2D eigenvalue weighted by atomic mass is 9.48. The van der Waals surface area contributed by atoms with Crippen LogP contribution in [0.3, 0.4) is 0 Å². The van der Waals surface area contributed by atoms with Crippen molar-refractivity contribution in [2.75, 3.05) is 5.73 Å². The van der Waals surface area contributed by atoms with Crippen molar-refractivity contribution in [2.24, 2.45) is 17.8 Å². The molecule has 4 heteroatoms. The maximum absolute atomic E-state index is 12.2. The largest absolute Gasteiger partial charge is 0.369 e. The van der Waals surface area contributed by atoms with Gasteiger partial charge in [-0.3, -0.25) is 9.78 Å². The summed E-state index contributed by atoms with van der Waals surface area (Å²) in [5.74, 6) is 2.75. The minimum atomic E-state index is -0.00977. The van der Waals surface area contributed by atoms with Gasteiger partial charge in [-0.25, -0.2) is 4.98 Å². The zero-order chi connectivity index (χ0) is 12.3. The van der Waals surface area contributed by atoms with Crippen molar-refractivity contribution in [3.8, 4) is 0 Å². The van der Waals surface area contributed by atoms with Crippen molar-refractivity contribution < 1.29 is 0 Å². The molecule has 96 valence electrons. The van der Waals surface area contributed by atoms with E-state index < -0.39 is 0 Å². The molecular weight excluding hydrogens is 226 g/mol. The van der Waals surface area contributed by atoms with E-state index in [0.29, 0.717) is 0 Å². The molecule has 5 rings (SSSR count). The van der Waals surface area contributed by atoms with E-state index in [4.69, 9.17) is 5.73 Å². The number of hydrogen-bond acceptors (Lipinski definition) is 3. The Morgan fingerprint density at radius 2 is 1.72 bits per heavy atom. The number of aromatic amines is 1. The number of nitrogens with zero attached hydrogens (tertiary/aromatic N) is 1. The lowest BCUT2D eigenvalue weighted by molar-refractivity contribution is -0.00598. The average molecular weight is 245 g/mol. The second-order valence-corrected chi connectivity index (χ2v) is 6.71. The van der Waals surface area contributed by atoms with Crippen LogP contribution >= 0.6 is 0 Å². The van der Waals surface area contributed by atoms with Crippen molar-refractivity contribution in [1.29, 1.82) is 0 Å². The monoisotopic (exact) mass is 245 g/mol. The minimum absolute atomic E-state index is 0.00977. The molecule has 4 fully saturated rings. The van der Waals surface area contributed by atoms with E-state index in [1.165, 1.54) is 38.5 Å². The fraction of sp³-hybridized carbons (Fsp3) is 0.714. The Kier molecular flexibility index (Phi) is 1.98. The molecule has 0 amide bonds. The molecular formula is C14H19N3O. The van der Waals surface area contributed by atoms with Gasteiger partial charge in [-0.15, -0.1) is 0 Å². The molecule has 0 radical (unpaired) electrons. The molecule has 1 aromatic rings. The summed E-state index contributed by atoms with van der Waals surface area (Å²) in [4.78, 5) is 19.0. The van der Waals surface area contributed by atoms with Crippen LogP contribution in [0.25, 0.3) is 0 Å². The fourth-order valence-electron chi connectivity index (χ4n) is 5.23. The molecule has 4 aliphatic rings. The molecule has 18 heavy (non-hydrogen) atoms. The van der Waals surface area contributed by atoms with Gasteiger partial charge in [-0.1, -0.05) is 0 Å². The molecule has 0 atom stereocenters. The summed E-state index contributed by atoms with van der Waals surface area (Å²) in [6.45, 7) is 0. The number of hydrogen-bond donors (Lipinski definition) is 2. The average Bonchev–Trinajstić information content (AvgIpc) is 2.26. The van der Waals surface area contributed by atoms with Crippen molar-refractivity contribution in [2.45, 2.75) is 43.9 Å². The zero-order valence-electron chi connectivity index (χ0n) is 10.5. The summed E-state index contributed by atoms with van der Waals surface area (Å²) in [5, 5.41) is 0. The molecule has 4 aliphatic carbocycles. The summed E-state index contributed by atoms with van der Waals surface area (Å²) < 4.78 is 0. The van der Waals surface area contributed by atoms with Gasteiger partial charge in [-0.05, 0) is 56.3 Å². The van der Waals surface area contributed by atoms with Crippen molar-refractivity contribution in [3.05, 3.63) is 22.1 Å². The molecule has 0 aliphatic heterocycles. The maximum Gasteiger partial charge on any atom is 0.256 e. The number of nitrogens with two attached hydrogens (primary N) is 1. The van der Waals surface area contributed by atoms with Crippen LogP contribution < -0.4 is 11.3 Å². The third-order valence-corrected chi connectivity index (χ3v) is 5.43. The van der Waals surface area contributed by atoms with E-state index in [1.54, 1.807) is 6.20 Å². The number of nitrogens with one attached hydrogen (secondary N) is 1. The summed E-state index contributed by atoms with van der Waals surface area (Å²) in [7, 11) is 0. The zero-order valence-corrected chi connectivity index (χ0v) is 10.5. The van der Waals surface area contributed by atoms with E-state index in [1.807, 2.05) is 0 Å². The molecule has 0 unspecified atom stereocenters. The Morgan fingerprint density at radius 1 is 1.17 bits per heavy atom. The number of aromatic nitrogens is 2. The molecule has 3 N–H and O–H groups in total. The van der Waals surface area contributed by atoms with Gasteiger partial charge < -0.3 is 5.73 Å². The summed E-state index contributed by atoms with van der Waals surface area (Å²) in [6, 6.07) is 0. The van der Waals surface area contributed by atoms with E-state index in [-0.39, 0.29) is 16.9 Å². The van der Waals surface area contributed by atoms with Gasteiger partial charge in [0, 0.05) is 17.2 Å². The first-order chi connectivity index (χ1) is 8.64. The highest BCUT2D eigenvalue weighted by Crippen LogP contribution is 2.60. The highest BCUT2D eigenvalue weighted by atomic mass is 16.1. The number of anilines is 1. The molecule has 1 heterocycles. The smallest absolute Gasteiger partial charge is 0.256 e. The standard InChI is InChI=1S/C14H19N3O/c15-13-16-7-11(12(18)17-13)14-4-8-1-9(5-14)3-10(2-8)6-14/h7-10H,1-6H2,(H3,15,16,17,18). The third-order valence-electron chi connectivity index (χ3n) is 5.43. The van der Waals surface area contributed by atoms with Crippen LogP contribution in [0.1, 0.15) is 44.1 Å². The lowest BCUT2D eigenvalue weighted by Gasteiger charge is -2.56. The first-order valence-electron chi connectivity index (χ1n) is 7.00. The Bertz CT molecular complexity index is 513. The first kappa shape index (κ1) is 10.6. The van der Waals surface area contributed by atoms with E-state index >= 15 is 0 Å². The molecule has 0 spiro atoms. The Balaban J connectivity index is 1.81. The van der Waals surface area contributed by atoms with Crippen molar-refractivity contribution in [3.63, 3.8) is 0 Å². The van der Waals surface area contributed by atoms with Gasteiger partial charge in [-0.2, -0.15) is 0 Å². The SMILES string of the molecule is Nc1ncc(C23CC4CC(CC(C4)C2)C3)c(=O)[nH]1. The van der Waals surface area contributed by atoms with Crippen molar-refractivity contribution >= 4 is 5.95 Å². The second-order valence-electron chi connectivity index (χ2n) is 6.71. The lowest BCUT2D eigenvalue weighted by Crippen LogP contribution is -2.50. The van der Waals surface area contributed by atoms with Crippen LogP contribution in [0.4, 0.5) is 5.95 Å². The minimum Gasteiger partial charge on any atom is -0.369 e. The van der Waals surface area contributed by atoms with Crippen LogP contribution in [0.15, 0.2) is 11.0 Å². The fourth-order valence-corrected chi connectivity index (χ4v) is 5.23. The van der Waals surface area contributed by atoms with E-state index in [0.717, 1.165) is 23.3 Å². The van der Waals surface area contributed by atoms with Gasteiger partial charge in [0.25, 0.3) is 5.56 Å². The number of rotatable bonds is 1. The van der Waals surface area contributed by atoms with Crippen molar-refractivity contribution in [1.82, 2.24) is 9.97 Å². The molecule has 0 aromatic carbocycles. The molecule has 1 aromatic heterocycles. The topological polar surface area (TPSA) is 71.8 Å². The van der Waals surface area contributed by atoms with Crippen LogP contribution in [0, 0.1) is 17.8 Å². The molecule has 0 saturated heterocycles. The summed E-state index contributed by atoms with van der Waals surface area (Å²) >= 11 is 0. The quantitative estimate of drug-likeness (QED) is 0.792. The van der Waals surface area contributed by atoms with Gasteiger partial charge in [0.1, 0.15) is 0 Å². The Hall–Kier alpha value is -1.32. The van der Waals surface area contributed by atoms with Gasteiger partial charge in [0.05, 0.1) is 0 Å². The molecule has 4 saturated carbocycles. The Morgan fingerprint density at radius 3 is 2.22 bits per heavy atom. The van der Waals surface area contributed by atoms with Gasteiger partial charge in [0.2, 0.25) is 0 Å². The van der Waals surface area contributed by atoms with Crippen LogP contribution in [0.2, 0.25) is 0 Å². The predicted molar refractivity (Wildman–Crippen MR) is 69.1 cm³/mol. The van der Waals surface area contributed by atoms with Crippen LogP contribution in [0.5, 0.6) is 0 Å². The first-order valence-corrected chi connectivity index (χ1v) is 7.00. The second kappa shape index (κ2) is 3.37. The summed E-state index contributed by atoms with van der Waals surface area (Å²) in [5.41, 5.74) is 6.56. The molecule has 4 bridgehead atoms. The van der Waals surface area contributed by atoms with Gasteiger partial charge in [0.15, 0.2) is 5.95 Å². The number of H-pyrrole nitrogens is 1. The predicted octanol–water partition coefficient (Wildman–Crippen LogP) is 1.82. The van der Waals surface area contributed by atoms with Gasteiger partial charge >= 0.3 is 0 Å².